The van der Waals surface area contributed by atoms with Crippen LogP contribution in [0.4, 0.5) is 0 Å². The third-order valence-corrected chi connectivity index (χ3v) is 3.37. The summed E-state index contributed by atoms with van der Waals surface area (Å²) in [5.74, 6) is 2.63. The fraction of sp³-hybridized carbons (Fsp3) is 0.214. The molecule has 102 valence electrons. The maximum absolute atomic E-state index is 11.7. The summed E-state index contributed by atoms with van der Waals surface area (Å²) < 4.78 is 5.52. The predicted octanol–water partition coefficient (Wildman–Crippen LogP) is 1.97. The summed E-state index contributed by atoms with van der Waals surface area (Å²) in [4.78, 5) is 11.7. The van der Waals surface area contributed by atoms with E-state index in [1.165, 1.54) is 11.8 Å². The number of thioether (sulfide) groups is 1. The molecule has 0 aliphatic carbocycles. The minimum Gasteiger partial charge on any atom is -0.411 e. The van der Waals surface area contributed by atoms with Gasteiger partial charge in [-0.3, -0.25) is 4.79 Å². The lowest BCUT2D eigenvalue weighted by Gasteiger charge is -2.06. The molecule has 0 radical (unpaired) electrons. The van der Waals surface area contributed by atoms with E-state index in [9.17, 15) is 4.79 Å². The topological polar surface area (TPSA) is 68.0 Å². The highest BCUT2D eigenvalue weighted by Crippen LogP contribution is 2.25. The molecule has 2 rings (SSSR count). The van der Waals surface area contributed by atoms with Crippen LogP contribution in [0.2, 0.25) is 0 Å². The molecule has 0 saturated heterocycles. The lowest BCUT2D eigenvalue weighted by Crippen LogP contribution is -2.31. The van der Waals surface area contributed by atoms with Crippen molar-refractivity contribution in [1.82, 2.24) is 15.5 Å². The standard InChI is InChI=1S/C14H13N3O2S/c1-3-9-15-12(18)10(2)20-14-17-16-13(19-14)11-7-5-4-6-8-11/h1,4-8,10H,9H2,2H3,(H,15,18). The summed E-state index contributed by atoms with van der Waals surface area (Å²) >= 11 is 1.20. The molecule has 1 unspecified atom stereocenters. The van der Waals surface area contributed by atoms with E-state index < -0.39 is 0 Å². The Morgan fingerprint density at radius 2 is 2.20 bits per heavy atom. The molecule has 1 aromatic heterocycles. The molecule has 0 aliphatic heterocycles. The highest BCUT2D eigenvalue weighted by molar-refractivity contribution is 8.00. The van der Waals surface area contributed by atoms with E-state index in [1.807, 2.05) is 30.3 Å². The summed E-state index contributed by atoms with van der Waals surface area (Å²) in [7, 11) is 0. The third kappa shape index (κ3) is 3.62. The van der Waals surface area contributed by atoms with Crippen LogP contribution in [0.25, 0.3) is 11.5 Å². The van der Waals surface area contributed by atoms with Crippen LogP contribution >= 0.6 is 11.8 Å². The second-order valence-electron chi connectivity index (χ2n) is 3.92. The van der Waals surface area contributed by atoms with Gasteiger partial charge < -0.3 is 9.73 Å². The molecular formula is C14H13N3O2S. The molecule has 0 fully saturated rings. The van der Waals surface area contributed by atoms with Crippen molar-refractivity contribution in [1.29, 1.82) is 0 Å². The molecule has 5 nitrogen and oxygen atoms in total. The largest absolute Gasteiger partial charge is 0.411 e. The van der Waals surface area contributed by atoms with Gasteiger partial charge in [-0.1, -0.05) is 35.9 Å². The Morgan fingerprint density at radius 3 is 2.90 bits per heavy atom. The van der Waals surface area contributed by atoms with Crippen molar-refractivity contribution in [3.8, 4) is 23.8 Å². The van der Waals surface area contributed by atoms with Gasteiger partial charge in [0.2, 0.25) is 11.8 Å². The van der Waals surface area contributed by atoms with E-state index in [1.54, 1.807) is 6.92 Å². The van der Waals surface area contributed by atoms with Gasteiger partial charge in [0.15, 0.2) is 0 Å². The van der Waals surface area contributed by atoms with Gasteiger partial charge in [0.25, 0.3) is 5.22 Å². The molecule has 1 amide bonds. The van der Waals surface area contributed by atoms with Crippen molar-refractivity contribution in [2.24, 2.45) is 0 Å². The summed E-state index contributed by atoms with van der Waals surface area (Å²) in [6.45, 7) is 1.96. The SMILES string of the molecule is C#CCNC(=O)C(C)Sc1nnc(-c2ccccc2)o1. The summed E-state index contributed by atoms with van der Waals surface area (Å²) in [5.41, 5.74) is 0.844. The predicted molar refractivity (Wildman–Crippen MR) is 76.9 cm³/mol. The Balaban J connectivity index is 2.00. The zero-order chi connectivity index (χ0) is 14.4. The van der Waals surface area contributed by atoms with Gasteiger partial charge in [-0.2, -0.15) is 0 Å². The highest BCUT2D eigenvalue weighted by Gasteiger charge is 2.18. The minimum atomic E-state index is -0.354. The Labute approximate surface area is 121 Å². The average Bonchev–Trinajstić information content (AvgIpc) is 2.94. The van der Waals surface area contributed by atoms with Gasteiger partial charge in [-0.15, -0.1) is 16.6 Å². The van der Waals surface area contributed by atoms with E-state index >= 15 is 0 Å². The molecule has 0 bridgehead atoms. The zero-order valence-corrected chi connectivity index (χ0v) is 11.7. The Hall–Kier alpha value is -2.26. The monoisotopic (exact) mass is 287 g/mol. The molecule has 1 aromatic carbocycles. The second kappa shape index (κ2) is 6.78. The fourth-order valence-electron chi connectivity index (χ4n) is 1.44. The number of hydrogen-bond donors (Lipinski definition) is 1. The molecule has 1 heterocycles. The van der Waals surface area contributed by atoms with Gasteiger partial charge in [-0.25, -0.2) is 0 Å². The Morgan fingerprint density at radius 1 is 1.45 bits per heavy atom. The van der Waals surface area contributed by atoms with Gasteiger partial charge in [-0.05, 0) is 19.1 Å². The van der Waals surface area contributed by atoms with E-state index in [0.29, 0.717) is 11.1 Å². The number of terminal acetylenes is 1. The first kappa shape index (κ1) is 14.2. The molecule has 1 N–H and O–H groups in total. The first-order chi connectivity index (χ1) is 9.70. The van der Waals surface area contributed by atoms with E-state index in [0.717, 1.165) is 5.56 Å². The zero-order valence-electron chi connectivity index (χ0n) is 10.9. The number of amides is 1. The number of hydrogen-bond acceptors (Lipinski definition) is 5. The van der Waals surface area contributed by atoms with Crippen LogP contribution in [0.5, 0.6) is 0 Å². The van der Waals surface area contributed by atoms with Gasteiger partial charge in [0.1, 0.15) is 0 Å². The van der Waals surface area contributed by atoms with Crippen LogP contribution < -0.4 is 5.32 Å². The van der Waals surface area contributed by atoms with Crippen LogP contribution in [0.3, 0.4) is 0 Å². The first-order valence-corrected chi connectivity index (χ1v) is 6.85. The molecule has 0 aliphatic rings. The fourth-order valence-corrected chi connectivity index (χ4v) is 2.15. The Bertz CT molecular complexity index is 619. The molecule has 1 atom stereocenters. The van der Waals surface area contributed by atoms with Crippen molar-refractivity contribution in [2.45, 2.75) is 17.4 Å². The van der Waals surface area contributed by atoms with Gasteiger partial charge in [0.05, 0.1) is 11.8 Å². The molecule has 20 heavy (non-hydrogen) atoms. The first-order valence-electron chi connectivity index (χ1n) is 5.97. The average molecular weight is 287 g/mol. The highest BCUT2D eigenvalue weighted by atomic mass is 32.2. The number of aromatic nitrogens is 2. The Kier molecular flexibility index (Phi) is 4.80. The van der Waals surface area contributed by atoms with Gasteiger partial charge >= 0.3 is 0 Å². The minimum absolute atomic E-state index is 0.160. The number of nitrogens with one attached hydrogen (secondary N) is 1. The van der Waals surface area contributed by atoms with Crippen molar-refractivity contribution >= 4 is 17.7 Å². The van der Waals surface area contributed by atoms with Crippen molar-refractivity contribution in [3.05, 3.63) is 30.3 Å². The van der Waals surface area contributed by atoms with E-state index in [2.05, 4.69) is 21.4 Å². The van der Waals surface area contributed by atoms with Crippen molar-refractivity contribution in [2.75, 3.05) is 6.54 Å². The van der Waals surface area contributed by atoms with Crippen molar-refractivity contribution < 1.29 is 9.21 Å². The molecular weight excluding hydrogens is 274 g/mol. The third-order valence-electron chi connectivity index (χ3n) is 2.44. The molecule has 2 aromatic rings. The van der Waals surface area contributed by atoms with Crippen molar-refractivity contribution in [3.63, 3.8) is 0 Å². The number of nitrogens with zero attached hydrogens (tertiary/aromatic N) is 2. The molecule has 0 spiro atoms. The second-order valence-corrected chi connectivity index (χ2v) is 5.21. The number of rotatable bonds is 5. The van der Waals surface area contributed by atoms with Gasteiger partial charge in [0, 0.05) is 5.56 Å². The number of carbonyl (C=O) groups excluding carboxylic acids is 1. The van der Waals surface area contributed by atoms with Crippen LogP contribution in [0.1, 0.15) is 6.92 Å². The molecule has 6 heteroatoms. The lowest BCUT2D eigenvalue weighted by atomic mass is 10.2. The summed E-state index contributed by atoms with van der Waals surface area (Å²) in [6, 6.07) is 9.45. The van der Waals surface area contributed by atoms with Crippen LogP contribution in [0, 0.1) is 12.3 Å². The normalized spacial score (nSPS) is 11.6. The van der Waals surface area contributed by atoms with Crippen LogP contribution in [-0.4, -0.2) is 27.9 Å². The molecule has 0 saturated carbocycles. The lowest BCUT2D eigenvalue weighted by molar-refractivity contribution is -0.120. The smallest absolute Gasteiger partial charge is 0.277 e. The van der Waals surface area contributed by atoms with E-state index in [-0.39, 0.29) is 17.7 Å². The summed E-state index contributed by atoms with van der Waals surface area (Å²) in [6.07, 6.45) is 5.08. The maximum atomic E-state index is 11.7. The summed E-state index contributed by atoms with van der Waals surface area (Å²) in [5, 5.41) is 10.5. The van der Waals surface area contributed by atoms with Crippen LogP contribution in [-0.2, 0) is 4.79 Å². The number of carbonyl (C=O) groups is 1. The quantitative estimate of drug-likeness (QED) is 0.672. The van der Waals surface area contributed by atoms with E-state index in [4.69, 9.17) is 10.8 Å². The van der Waals surface area contributed by atoms with Crippen LogP contribution in [0.15, 0.2) is 40.0 Å². The number of benzene rings is 1. The maximum Gasteiger partial charge on any atom is 0.277 e.